The molecular weight excluding hydrogens is 208 g/mol. The zero-order chi connectivity index (χ0) is 11.9. The maximum Gasteiger partial charge on any atom is 0.331 e. The molecule has 5 heteroatoms. The van der Waals surface area contributed by atoms with Crippen LogP contribution in [0.15, 0.2) is 12.7 Å². The highest BCUT2D eigenvalue weighted by Crippen LogP contribution is 2.49. The predicted molar refractivity (Wildman–Crippen MR) is 56.3 cm³/mol. The molecular formula is C11H14N2O3. The van der Waals surface area contributed by atoms with Crippen LogP contribution in [0, 0.1) is 5.41 Å². The fourth-order valence-electron chi connectivity index (χ4n) is 2.01. The van der Waals surface area contributed by atoms with Crippen LogP contribution >= 0.6 is 0 Å². The molecule has 0 bridgehead atoms. The van der Waals surface area contributed by atoms with Crippen LogP contribution in [0.5, 0.6) is 0 Å². The van der Waals surface area contributed by atoms with Gasteiger partial charge in [-0.3, -0.25) is 19.8 Å². The third-order valence-corrected chi connectivity index (χ3v) is 3.20. The van der Waals surface area contributed by atoms with E-state index in [1.807, 2.05) is 0 Å². The zero-order valence-corrected chi connectivity index (χ0v) is 9.16. The highest BCUT2D eigenvalue weighted by atomic mass is 16.2. The van der Waals surface area contributed by atoms with Crippen LogP contribution in [0.3, 0.4) is 0 Å². The molecule has 4 amide bonds. The van der Waals surface area contributed by atoms with Crippen molar-refractivity contribution in [1.82, 2.24) is 10.2 Å². The van der Waals surface area contributed by atoms with Crippen molar-refractivity contribution in [2.45, 2.75) is 32.2 Å². The minimum absolute atomic E-state index is 0.254. The van der Waals surface area contributed by atoms with Crippen molar-refractivity contribution in [1.29, 1.82) is 0 Å². The third kappa shape index (κ3) is 1.35. The Hall–Kier alpha value is -1.65. The summed E-state index contributed by atoms with van der Waals surface area (Å²) in [6, 6.07) is -0.863. The number of barbiturate groups is 1. The number of amides is 4. The molecule has 0 aromatic carbocycles. The highest BCUT2D eigenvalue weighted by molar-refractivity contribution is 6.21. The summed E-state index contributed by atoms with van der Waals surface area (Å²) in [5.41, 5.74) is -0.941. The van der Waals surface area contributed by atoms with E-state index < -0.39 is 17.4 Å². The van der Waals surface area contributed by atoms with Crippen molar-refractivity contribution in [2.75, 3.05) is 0 Å². The van der Waals surface area contributed by atoms with Crippen LogP contribution in [0.1, 0.15) is 26.2 Å². The molecule has 1 saturated carbocycles. The van der Waals surface area contributed by atoms with E-state index in [0.717, 1.165) is 4.90 Å². The number of hydrogen-bond acceptors (Lipinski definition) is 3. The first kappa shape index (κ1) is 10.9. The number of imide groups is 2. The van der Waals surface area contributed by atoms with Gasteiger partial charge in [-0.05, 0) is 26.2 Å². The molecule has 1 aliphatic carbocycles. The second-order valence-corrected chi connectivity index (χ2v) is 4.39. The van der Waals surface area contributed by atoms with E-state index in [0.29, 0.717) is 19.3 Å². The van der Waals surface area contributed by atoms with Crippen LogP contribution in [0.4, 0.5) is 4.79 Å². The predicted octanol–water partition coefficient (Wildman–Crippen LogP) is 0.810. The Kier molecular flexibility index (Phi) is 2.33. The Morgan fingerprint density at radius 2 is 2.12 bits per heavy atom. The topological polar surface area (TPSA) is 66.5 Å². The maximum absolute atomic E-state index is 12.1. The lowest BCUT2D eigenvalue weighted by molar-refractivity contribution is -0.145. The Labute approximate surface area is 93.5 Å². The fraction of sp³-hybridized carbons (Fsp3) is 0.545. The van der Waals surface area contributed by atoms with Crippen molar-refractivity contribution in [2.24, 2.45) is 5.41 Å². The fourth-order valence-corrected chi connectivity index (χ4v) is 2.01. The van der Waals surface area contributed by atoms with Gasteiger partial charge in [0, 0.05) is 6.04 Å². The Morgan fingerprint density at radius 1 is 1.50 bits per heavy atom. The van der Waals surface area contributed by atoms with Gasteiger partial charge in [-0.2, -0.15) is 0 Å². The molecule has 0 aromatic heterocycles. The van der Waals surface area contributed by atoms with Crippen LogP contribution < -0.4 is 5.32 Å². The van der Waals surface area contributed by atoms with Crippen LogP contribution in [-0.2, 0) is 9.59 Å². The average molecular weight is 222 g/mol. The number of hydrogen-bond donors (Lipinski definition) is 1. The van der Waals surface area contributed by atoms with Crippen LogP contribution in [-0.4, -0.2) is 28.8 Å². The molecule has 0 radical (unpaired) electrons. The summed E-state index contributed by atoms with van der Waals surface area (Å²) in [5, 5.41) is 2.24. The number of carbonyl (C=O) groups is 3. The molecule has 2 rings (SSSR count). The van der Waals surface area contributed by atoms with Gasteiger partial charge in [-0.1, -0.05) is 6.08 Å². The molecule has 16 heavy (non-hydrogen) atoms. The molecule has 2 aliphatic rings. The van der Waals surface area contributed by atoms with Crippen molar-refractivity contribution >= 4 is 17.8 Å². The molecule has 1 atom stereocenters. The molecule has 1 heterocycles. The highest BCUT2D eigenvalue weighted by Gasteiger charge is 2.62. The van der Waals surface area contributed by atoms with Gasteiger partial charge in [0.15, 0.2) is 0 Å². The van der Waals surface area contributed by atoms with Gasteiger partial charge in [0.05, 0.1) is 0 Å². The van der Waals surface area contributed by atoms with Crippen molar-refractivity contribution in [3.8, 4) is 0 Å². The van der Waals surface area contributed by atoms with Gasteiger partial charge in [0.25, 0.3) is 0 Å². The first-order chi connectivity index (χ1) is 7.53. The summed E-state index contributed by atoms with van der Waals surface area (Å²) in [5.74, 6) is -0.792. The number of carbonyl (C=O) groups excluding carboxylic acids is 3. The summed E-state index contributed by atoms with van der Waals surface area (Å²) in [7, 11) is 0. The van der Waals surface area contributed by atoms with Crippen molar-refractivity contribution in [3.05, 3.63) is 12.7 Å². The lowest BCUT2D eigenvalue weighted by atomic mass is 10.00. The Morgan fingerprint density at radius 3 is 2.62 bits per heavy atom. The first-order valence-electron chi connectivity index (χ1n) is 5.33. The molecule has 5 nitrogen and oxygen atoms in total. The molecule has 2 fully saturated rings. The third-order valence-electron chi connectivity index (χ3n) is 3.20. The maximum atomic E-state index is 12.1. The number of nitrogens with zero attached hydrogens (tertiary/aromatic N) is 1. The SMILES string of the molecule is C=CCC(C)N1C(=O)NC(=O)C2(CC2)C1=O. The summed E-state index contributed by atoms with van der Waals surface area (Å²) in [6.45, 7) is 5.34. The van der Waals surface area contributed by atoms with E-state index in [9.17, 15) is 14.4 Å². The minimum Gasteiger partial charge on any atom is -0.277 e. The summed E-state index contributed by atoms with van der Waals surface area (Å²) in [4.78, 5) is 36.3. The average Bonchev–Trinajstić information content (AvgIpc) is 2.96. The van der Waals surface area contributed by atoms with E-state index in [2.05, 4.69) is 11.9 Å². The zero-order valence-electron chi connectivity index (χ0n) is 9.16. The van der Waals surface area contributed by atoms with E-state index in [-0.39, 0.29) is 11.9 Å². The Balaban J connectivity index is 2.24. The summed E-state index contributed by atoms with van der Waals surface area (Å²) >= 11 is 0. The van der Waals surface area contributed by atoms with E-state index >= 15 is 0 Å². The largest absolute Gasteiger partial charge is 0.331 e. The standard InChI is InChI=1S/C11H14N2O3/c1-3-4-7(2)13-9(15)11(5-6-11)8(14)12-10(13)16/h3,7H,1,4-6H2,2H3,(H,12,14,16). The second-order valence-electron chi connectivity index (χ2n) is 4.39. The monoisotopic (exact) mass is 222 g/mol. The first-order valence-corrected chi connectivity index (χ1v) is 5.33. The van der Waals surface area contributed by atoms with Gasteiger partial charge >= 0.3 is 6.03 Å². The van der Waals surface area contributed by atoms with Gasteiger partial charge in [-0.25, -0.2) is 4.79 Å². The summed E-state index contributed by atoms with van der Waals surface area (Å²) in [6.07, 6.45) is 3.27. The number of urea groups is 1. The molecule has 1 unspecified atom stereocenters. The number of rotatable bonds is 3. The molecule has 1 saturated heterocycles. The second kappa shape index (κ2) is 3.43. The van der Waals surface area contributed by atoms with E-state index in [1.165, 1.54) is 0 Å². The lowest BCUT2D eigenvalue weighted by Gasteiger charge is -2.34. The minimum atomic E-state index is -0.941. The molecule has 1 aliphatic heterocycles. The van der Waals surface area contributed by atoms with Gasteiger partial charge in [-0.15, -0.1) is 6.58 Å². The normalized spacial score (nSPS) is 24.3. The van der Waals surface area contributed by atoms with Gasteiger partial charge in [0.1, 0.15) is 5.41 Å². The number of nitrogens with one attached hydrogen (secondary N) is 1. The van der Waals surface area contributed by atoms with Crippen LogP contribution in [0.2, 0.25) is 0 Å². The Bertz CT molecular complexity index is 385. The molecule has 0 aromatic rings. The lowest BCUT2D eigenvalue weighted by Crippen LogP contribution is -2.61. The van der Waals surface area contributed by atoms with Crippen molar-refractivity contribution < 1.29 is 14.4 Å². The molecule has 86 valence electrons. The quantitative estimate of drug-likeness (QED) is 0.567. The molecule has 1 spiro atoms. The van der Waals surface area contributed by atoms with E-state index in [4.69, 9.17) is 0 Å². The van der Waals surface area contributed by atoms with Gasteiger partial charge in [0.2, 0.25) is 11.8 Å². The molecule has 1 N–H and O–H groups in total. The van der Waals surface area contributed by atoms with E-state index in [1.54, 1.807) is 13.0 Å². The smallest absolute Gasteiger partial charge is 0.277 e. The summed E-state index contributed by atoms with van der Waals surface area (Å²) < 4.78 is 0. The van der Waals surface area contributed by atoms with Gasteiger partial charge < -0.3 is 0 Å². The van der Waals surface area contributed by atoms with Crippen LogP contribution in [0.25, 0.3) is 0 Å². The van der Waals surface area contributed by atoms with Crippen molar-refractivity contribution in [3.63, 3.8) is 0 Å².